The molecule has 0 radical (unpaired) electrons. The fourth-order valence-corrected chi connectivity index (χ4v) is 2.08. The first-order valence-corrected chi connectivity index (χ1v) is 6.41. The van der Waals surface area contributed by atoms with Crippen LogP contribution in [0.4, 0.5) is 0 Å². The molecule has 1 saturated heterocycles. The van der Waals surface area contributed by atoms with Gasteiger partial charge >= 0.3 is 0 Å². The predicted molar refractivity (Wildman–Crippen MR) is 86.8 cm³/mol. The van der Waals surface area contributed by atoms with Crippen LogP contribution in [0, 0.1) is 5.92 Å². The number of nitrogens with zero attached hydrogens (tertiary/aromatic N) is 2. The standard InChI is InChI=1S/C14H16N4O.2ClH/c19-14(17-8-11-6-15-7-11)13-9-16-10-18(13)12-4-2-1-3-5-12;;/h1-5,9-11,15H,6-8H2,(H,17,19);2*1H. The molecule has 2 aromatic rings. The van der Waals surface area contributed by atoms with Crippen molar-refractivity contribution in [3.8, 4) is 5.69 Å². The quantitative estimate of drug-likeness (QED) is 0.897. The van der Waals surface area contributed by atoms with E-state index in [1.165, 1.54) is 0 Å². The van der Waals surface area contributed by atoms with Crippen LogP contribution < -0.4 is 10.6 Å². The van der Waals surface area contributed by atoms with Gasteiger partial charge in [-0.1, -0.05) is 18.2 Å². The van der Waals surface area contributed by atoms with Crippen molar-refractivity contribution in [3.05, 3.63) is 48.5 Å². The minimum absolute atomic E-state index is 0. The summed E-state index contributed by atoms with van der Waals surface area (Å²) < 4.78 is 1.80. The van der Waals surface area contributed by atoms with Gasteiger partial charge in [-0.2, -0.15) is 0 Å². The number of hydrogen-bond acceptors (Lipinski definition) is 3. The molecule has 2 N–H and O–H groups in total. The topological polar surface area (TPSA) is 59.0 Å². The molecule has 1 aromatic carbocycles. The van der Waals surface area contributed by atoms with E-state index in [-0.39, 0.29) is 30.7 Å². The van der Waals surface area contributed by atoms with Crippen molar-refractivity contribution in [2.24, 2.45) is 5.92 Å². The highest BCUT2D eigenvalue weighted by molar-refractivity contribution is 5.93. The predicted octanol–water partition coefficient (Wildman–Crippen LogP) is 1.67. The van der Waals surface area contributed by atoms with E-state index in [0.29, 0.717) is 18.2 Å². The summed E-state index contributed by atoms with van der Waals surface area (Å²) in [6, 6.07) is 9.74. The monoisotopic (exact) mass is 328 g/mol. The van der Waals surface area contributed by atoms with Gasteiger partial charge in [0.25, 0.3) is 5.91 Å². The van der Waals surface area contributed by atoms with E-state index in [1.807, 2.05) is 30.3 Å². The van der Waals surface area contributed by atoms with E-state index in [4.69, 9.17) is 0 Å². The number of rotatable bonds is 4. The maximum Gasteiger partial charge on any atom is 0.269 e. The summed E-state index contributed by atoms with van der Waals surface area (Å²) in [4.78, 5) is 16.2. The second kappa shape index (κ2) is 8.02. The summed E-state index contributed by atoms with van der Waals surface area (Å²) in [5.41, 5.74) is 1.51. The molecule has 0 unspecified atom stereocenters. The minimum Gasteiger partial charge on any atom is -0.350 e. The summed E-state index contributed by atoms with van der Waals surface area (Å²) in [6.07, 6.45) is 3.26. The lowest BCUT2D eigenvalue weighted by Crippen LogP contribution is -2.48. The number of halogens is 2. The van der Waals surface area contributed by atoms with Crippen LogP contribution in [0.1, 0.15) is 10.5 Å². The molecule has 21 heavy (non-hydrogen) atoms. The Morgan fingerprint density at radius 3 is 2.62 bits per heavy atom. The molecule has 1 amide bonds. The maximum absolute atomic E-state index is 12.2. The third-order valence-electron chi connectivity index (χ3n) is 3.32. The van der Waals surface area contributed by atoms with Gasteiger partial charge < -0.3 is 10.6 Å². The number of benzene rings is 1. The minimum atomic E-state index is -0.0757. The van der Waals surface area contributed by atoms with Crippen LogP contribution in [0.25, 0.3) is 5.69 Å². The number of amides is 1. The van der Waals surface area contributed by atoms with Gasteiger partial charge in [0.15, 0.2) is 0 Å². The average molecular weight is 329 g/mol. The molecule has 7 heteroatoms. The van der Waals surface area contributed by atoms with Crippen molar-refractivity contribution in [2.45, 2.75) is 0 Å². The van der Waals surface area contributed by atoms with Gasteiger partial charge in [-0.05, 0) is 12.1 Å². The van der Waals surface area contributed by atoms with E-state index in [2.05, 4.69) is 15.6 Å². The molecular weight excluding hydrogens is 311 g/mol. The van der Waals surface area contributed by atoms with E-state index in [1.54, 1.807) is 17.1 Å². The Balaban J connectivity index is 0.00000110. The molecule has 1 aliphatic rings. The van der Waals surface area contributed by atoms with Crippen molar-refractivity contribution in [1.29, 1.82) is 0 Å². The Bertz CT molecular complexity index is 569. The number of nitrogens with one attached hydrogen (secondary N) is 2. The van der Waals surface area contributed by atoms with Gasteiger partial charge in [0.05, 0.1) is 12.5 Å². The van der Waals surface area contributed by atoms with Crippen molar-refractivity contribution in [1.82, 2.24) is 20.2 Å². The maximum atomic E-state index is 12.2. The first-order valence-electron chi connectivity index (χ1n) is 6.41. The highest BCUT2D eigenvalue weighted by Crippen LogP contribution is 2.11. The Labute approximate surface area is 136 Å². The fraction of sp³-hybridized carbons (Fsp3) is 0.286. The van der Waals surface area contributed by atoms with Crippen LogP contribution in [0.15, 0.2) is 42.9 Å². The molecule has 5 nitrogen and oxygen atoms in total. The second-order valence-corrected chi connectivity index (χ2v) is 4.72. The number of imidazole rings is 1. The van der Waals surface area contributed by atoms with Crippen molar-refractivity contribution < 1.29 is 4.79 Å². The zero-order valence-electron chi connectivity index (χ0n) is 11.4. The molecule has 0 saturated carbocycles. The summed E-state index contributed by atoms with van der Waals surface area (Å²) in [5.74, 6) is 0.477. The van der Waals surface area contributed by atoms with Gasteiger partial charge in [-0.3, -0.25) is 9.36 Å². The summed E-state index contributed by atoms with van der Waals surface area (Å²) in [6.45, 7) is 2.68. The van der Waals surface area contributed by atoms with Crippen LogP contribution in [0.5, 0.6) is 0 Å². The van der Waals surface area contributed by atoms with Crippen LogP contribution in [0.3, 0.4) is 0 Å². The van der Waals surface area contributed by atoms with Crippen LogP contribution in [-0.2, 0) is 0 Å². The molecule has 0 spiro atoms. The number of hydrogen-bond donors (Lipinski definition) is 2. The summed E-state index contributed by atoms with van der Waals surface area (Å²) >= 11 is 0. The van der Waals surface area contributed by atoms with Gasteiger partial charge in [0.2, 0.25) is 0 Å². The number of aromatic nitrogens is 2. The number of carbonyl (C=O) groups excluding carboxylic acids is 1. The number of para-hydroxylation sites is 1. The lowest BCUT2D eigenvalue weighted by atomic mass is 10.0. The lowest BCUT2D eigenvalue weighted by Gasteiger charge is -2.27. The molecule has 0 aliphatic carbocycles. The highest BCUT2D eigenvalue weighted by atomic mass is 35.5. The molecule has 0 atom stereocenters. The van der Waals surface area contributed by atoms with E-state index >= 15 is 0 Å². The van der Waals surface area contributed by atoms with E-state index < -0.39 is 0 Å². The molecular formula is C14H18Cl2N4O. The Morgan fingerprint density at radius 2 is 2.00 bits per heavy atom. The van der Waals surface area contributed by atoms with E-state index in [0.717, 1.165) is 18.8 Å². The lowest BCUT2D eigenvalue weighted by molar-refractivity contribution is 0.0935. The average Bonchev–Trinajstić information content (AvgIpc) is 2.87. The largest absolute Gasteiger partial charge is 0.350 e. The van der Waals surface area contributed by atoms with Crippen LogP contribution in [0.2, 0.25) is 0 Å². The summed E-state index contributed by atoms with van der Waals surface area (Å²) in [5, 5.41) is 6.15. The molecule has 3 rings (SSSR count). The molecule has 1 fully saturated rings. The van der Waals surface area contributed by atoms with Gasteiger partial charge in [0.1, 0.15) is 5.69 Å². The molecule has 114 valence electrons. The molecule has 1 aliphatic heterocycles. The highest BCUT2D eigenvalue weighted by Gasteiger charge is 2.19. The van der Waals surface area contributed by atoms with Gasteiger partial charge in [0, 0.05) is 31.2 Å². The van der Waals surface area contributed by atoms with Crippen molar-refractivity contribution in [2.75, 3.05) is 19.6 Å². The number of carbonyl (C=O) groups is 1. The second-order valence-electron chi connectivity index (χ2n) is 4.72. The Kier molecular flexibility index (Phi) is 6.68. The molecule has 0 bridgehead atoms. The van der Waals surface area contributed by atoms with E-state index in [9.17, 15) is 4.79 Å². The van der Waals surface area contributed by atoms with Crippen molar-refractivity contribution >= 4 is 30.7 Å². The summed E-state index contributed by atoms with van der Waals surface area (Å²) in [7, 11) is 0. The third-order valence-corrected chi connectivity index (χ3v) is 3.32. The first kappa shape index (κ1) is 17.5. The smallest absolute Gasteiger partial charge is 0.269 e. The molecule has 2 heterocycles. The Hall–Kier alpha value is -1.56. The zero-order valence-corrected chi connectivity index (χ0v) is 13.0. The van der Waals surface area contributed by atoms with Gasteiger partial charge in [-0.25, -0.2) is 4.98 Å². The van der Waals surface area contributed by atoms with Crippen LogP contribution in [-0.4, -0.2) is 35.1 Å². The SMILES string of the molecule is Cl.Cl.O=C(NCC1CNC1)c1cncn1-c1ccccc1. The third kappa shape index (κ3) is 3.97. The van der Waals surface area contributed by atoms with Crippen molar-refractivity contribution in [3.63, 3.8) is 0 Å². The van der Waals surface area contributed by atoms with Crippen LogP contribution >= 0.6 is 24.8 Å². The first-order chi connectivity index (χ1) is 9.34. The molecule has 1 aromatic heterocycles. The Morgan fingerprint density at radius 1 is 1.29 bits per heavy atom. The fourth-order valence-electron chi connectivity index (χ4n) is 2.08. The zero-order chi connectivity index (χ0) is 13.1. The van der Waals surface area contributed by atoms with Gasteiger partial charge in [-0.15, -0.1) is 24.8 Å². The normalized spacial score (nSPS) is 13.5.